The normalized spacial score (nSPS) is 18.7. The van der Waals surface area contributed by atoms with Gasteiger partial charge >= 0.3 is 0 Å². The lowest BCUT2D eigenvalue weighted by atomic mass is 10.1. The van der Waals surface area contributed by atoms with Crippen LogP contribution in [0.4, 0.5) is 0 Å². The third-order valence-electron chi connectivity index (χ3n) is 4.49. The molecule has 0 bridgehead atoms. The standard InChI is InChI=1S/C18H28N2/c1-2-11-19-12-16-5-3-4-6-17(16)14-20(18-9-10-18)13-15-7-8-15/h3-6,15,18-19H,2,7-14H2,1H3. The average molecular weight is 272 g/mol. The van der Waals surface area contributed by atoms with Crippen LogP contribution >= 0.6 is 0 Å². The largest absolute Gasteiger partial charge is 0.313 e. The fraction of sp³-hybridized carbons (Fsp3) is 0.667. The van der Waals surface area contributed by atoms with Crippen molar-refractivity contribution in [3.05, 3.63) is 35.4 Å². The Morgan fingerprint density at radius 2 is 1.85 bits per heavy atom. The van der Waals surface area contributed by atoms with Crippen LogP contribution in [0.15, 0.2) is 24.3 Å². The molecule has 1 aromatic rings. The molecular weight excluding hydrogens is 244 g/mol. The van der Waals surface area contributed by atoms with Gasteiger partial charge in [-0.05, 0) is 55.7 Å². The van der Waals surface area contributed by atoms with E-state index in [1.165, 1.54) is 49.8 Å². The fourth-order valence-electron chi connectivity index (χ4n) is 2.92. The molecule has 0 atom stereocenters. The minimum absolute atomic E-state index is 0.882. The molecule has 0 heterocycles. The van der Waals surface area contributed by atoms with Crippen LogP contribution in [0.5, 0.6) is 0 Å². The van der Waals surface area contributed by atoms with Crippen molar-refractivity contribution in [1.82, 2.24) is 10.2 Å². The number of hydrogen-bond donors (Lipinski definition) is 1. The van der Waals surface area contributed by atoms with Crippen molar-refractivity contribution in [3.63, 3.8) is 0 Å². The predicted octanol–water partition coefficient (Wildman–Crippen LogP) is 3.56. The van der Waals surface area contributed by atoms with Crippen molar-refractivity contribution < 1.29 is 0 Å². The third-order valence-corrected chi connectivity index (χ3v) is 4.49. The third kappa shape index (κ3) is 4.07. The Labute approximate surface area is 123 Å². The van der Waals surface area contributed by atoms with Crippen LogP contribution < -0.4 is 5.32 Å². The summed E-state index contributed by atoms with van der Waals surface area (Å²) >= 11 is 0. The number of rotatable bonds is 9. The van der Waals surface area contributed by atoms with Gasteiger partial charge in [0.15, 0.2) is 0 Å². The van der Waals surface area contributed by atoms with Gasteiger partial charge in [-0.1, -0.05) is 31.2 Å². The van der Waals surface area contributed by atoms with E-state index in [2.05, 4.69) is 41.4 Å². The first-order valence-corrected chi connectivity index (χ1v) is 8.38. The molecular formula is C18H28N2. The molecule has 2 aliphatic carbocycles. The minimum atomic E-state index is 0.882. The van der Waals surface area contributed by atoms with E-state index in [0.717, 1.165) is 31.6 Å². The number of nitrogens with one attached hydrogen (secondary N) is 1. The molecule has 0 saturated heterocycles. The molecule has 2 nitrogen and oxygen atoms in total. The van der Waals surface area contributed by atoms with Crippen molar-refractivity contribution in [2.75, 3.05) is 13.1 Å². The van der Waals surface area contributed by atoms with Crippen LogP contribution in [0.25, 0.3) is 0 Å². The van der Waals surface area contributed by atoms with E-state index in [-0.39, 0.29) is 0 Å². The van der Waals surface area contributed by atoms with E-state index in [1.54, 1.807) is 0 Å². The predicted molar refractivity (Wildman–Crippen MR) is 84.6 cm³/mol. The zero-order valence-corrected chi connectivity index (χ0v) is 12.8. The Bertz CT molecular complexity index is 421. The van der Waals surface area contributed by atoms with Crippen molar-refractivity contribution in [2.24, 2.45) is 5.92 Å². The SMILES string of the molecule is CCCNCc1ccccc1CN(CC1CC1)C1CC1. The lowest BCUT2D eigenvalue weighted by Crippen LogP contribution is -2.28. The maximum atomic E-state index is 3.54. The second kappa shape index (κ2) is 6.73. The Balaban J connectivity index is 1.61. The zero-order valence-electron chi connectivity index (χ0n) is 12.8. The molecule has 2 heteroatoms. The summed E-state index contributed by atoms with van der Waals surface area (Å²) in [6.45, 7) is 6.85. The van der Waals surface area contributed by atoms with Gasteiger partial charge in [-0.3, -0.25) is 4.90 Å². The van der Waals surface area contributed by atoms with Gasteiger partial charge in [-0.2, -0.15) is 0 Å². The number of hydrogen-bond acceptors (Lipinski definition) is 2. The first kappa shape index (κ1) is 14.1. The van der Waals surface area contributed by atoms with Crippen LogP contribution in [0, 0.1) is 5.92 Å². The summed E-state index contributed by atoms with van der Waals surface area (Å²) in [4.78, 5) is 2.75. The van der Waals surface area contributed by atoms with Gasteiger partial charge in [0.2, 0.25) is 0 Å². The molecule has 110 valence electrons. The van der Waals surface area contributed by atoms with Crippen molar-refractivity contribution in [3.8, 4) is 0 Å². The van der Waals surface area contributed by atoms with Gasteiger partial charge in [-0.15, -0.1) is 0 Å². The van der Waals surface area contributed by atoms with Crippen LogP contribution in [0.2, 0.25) is 0 Å². The van der Waals surface area contributed by atoms with E-state index in [0.29, 0.717) is 0 Å². The molecule has 0 aliphatic heterocycles. The van der Waals surface area contributed by atoms with E-state index in [1.807, 2.05) is 0 Å². The van der Waals surface area contributed by atoms with E-state index < -0.39 is 0 Å². The second-order valence-electron chi connectivity index (χ2n) is 6.55. The highest BCUT2D eigenvalue weighted by molar-refractivity contribution is 5.27. The molecule has 0 aromatic heterocycles. The molecule has 0 spiro atoms. The van der Waals surface area contributed by atoms with Crippen molar-refractivity contribution >= 4 is 0 Å². The average Bonchev–Trinajstić information content (AvgIpc) is 3.34. The lowest BCUT2D eigenvalue weighted by Gasteiger charge is -2.23. The molecule has 0 radical (unpaired) electrons. The van der Waals surface area contributed by atoms with Gasteiger partial charge in [0.25, 0.3) is 0 Å². The van der Waals surface area contributed by atoms with Crippen molar-refractivity contribution in [2.45, 2.75) is 58.2 Å². The van der Waals surface area contributed by atoms with Crippen LogP contribution in [-0.4, -0.2) is 24.0 Å². The summed E-state index contributed by atoms with van der Waals surface area (Å²) in [5.74, 6) is 1.00. The summed E-state index contributed by atoms with van der Waals surface area (Å²) in [6, 6.07) is 9.87. The van der Waals surface area contributed by atoms with Gasteiger partial charge < -0.3 is 5.32 Å². The highest BCUT2D eigenvalue weighted by Gasteiger charge is 2.33. The highest BCUT2D eigenvalue weighted by Crippen LogP contribution is 2.35. The fourth-order valence-corrected chi connectivity index (χ4v) is 2.92. The summed E-state index contributed by atoms with van der Waals surface area (Å²) in [7, 11) is 0. The summed E-state index contributed by atoms with van der Waals surface area (Å²) in [6.07, 6.45) is 6.97. The Kier molecular flexibility index (Phi) is 4.74. The van der Waals surface area contributed by atoms with E-state index in [9.17, 15) is 0 Å². The second-order valence-corrected chi connectivity index (χ2v) is 6.55. The lowest BCUT2D eigenvalue weighted by molar-refractivity contribution is 0.243. The molecule has 3 rings (SSSR count). The zero-order chi connectivity index (χ0) is 13.8. The molecule has 20 heavy (non-hydrogen) atoms. The van der Waals surface area contributed by atoms with Gasteiger partial charge in [-0.25, -0.2) is 0 Å². The highest BCUT2D eigenvalue weighted by atomic mass is 15.2. The summed E-state index contributed by atoms with van der Waals surface area (Å²) in [5.41, 5.74) is 3.02. The van der Waals surface area contributed by atoms with E-state index >= 15 is 0 Å². The Morgan fingerprint density at radius 3 is 2.50 bits per heavy atom. The maximum Gasteiger partial charge on any atom is 0.0240 e. The topological polar surface area (TPSA) is 15.3 Å². The molecule has 2 fully saturated rings. The quantitative estimate of drug-likeness (QED) is 0.691. The molecule has 2 aliphatic rings. The molecule has 2 saturated carbocycles. The van der Waals surface area contributed by atoms with Gasteiger partial charge in [0.05, 0.1) is 0 Å². The summed E-state index contributed by atoms with van der Waals surface area (Å²) in [5, 5.41) is 3.54. The summed E-state index contributed by atoms with van der Waals surface area (Å²) < 4.78 is 0. The van der Waals surface area contributed by atoms with E-state index in [4.69, 9.17) is 0 Å². The smallest absolute Gasteiger partial charge is 0.0240 e. The van der Waals surface area contributed by atoms with Crippen LogP contribution in [-0.2, 0) is 13.1 Å². The molecule has 1 aromatic carbocycles. The molecule has 0 amide bonds. The minimum Gasteiger partial charge on any atom is -0.313 e. The van der Waals surface area contributed by atoms with Crippen LogP contribution in [0.3, 0.4) is 0 Å². The molecule has 1 N–H and O–H groups in total. The number of nitrogens with zero attached hydrogens (tertiary/aromatic N) is 1. The first-order chi connectivity index (χ1) is 9.86. The van der Waals surface area contributed by atoms with Crippen LogP contribution in [0.1, 0.15) is 50.2 Å². The molecule has 0 unspecified atom stereocenters. The van der Waals surface area contributed by atoms with Gasteiger partial charge in [0, 0.05) is 25.7 Å². The first-order valence-electron chi connectivity index (χ1n) is 8.38. The Morgan fingerprint density at radius 1 is 1.10 bits per heavy atom. The van der Waals surface area contributed by atoms with Gasteiger partial charge in [0.1, 0.15) is 0 Å². The van der Waals surface area contributed by atoms with Crippen molar-refractivity contribution in [1.29, 1.82) is 0 Å². The monoisotopic (exact) mass is 272 g/mol. The number of benzene rings is 1. The maximum absolute atomic E-state index is 3.54. The Hall–Kier alpha value is -0.860.